The van der Waals surface area contributed by atoms with E-state index in [0.717, 1.165) is 6.42 Å². The number of imidazole rings is 1. The lowest BCUT2D eigenvalue weighted by Crippen LogP contribution is -2.23. The monoisotopic (exact) mass is 212 g/mol. The van der Waals surface area contributed by atoms with Gasteiger partial charge in [-0.25, -0.2) is 4.79 Å². The van der Waals surface area contributed by atoms with Crippen LogP contribution in [-0.2, 0) is 17.9 Å². The van der Waals surface area contributed by atoms with E-state index in [1.165, 1.54) is 0 Å². The Labute approximate surface area is 88.0 Å². The number of unbranched alkanes of at least 4 members (excludes halogenated alkanes) is 1. The second-order valence-corrected chi connectivity index (χ2v) is 3.41. The third-order valence-electron chi connectivity index (χ3n) is 2.30. The lowest BCUT2D eigenvalue weighted by atomic mass is 10.2. The zero-order valence-corrected chi connectivity index (χ0v) is 8.85. The number of carboxylic acid groups (broad SMARTS) is 1. The van der Waals surface area contributed by atoms with Gasteiger partial charge in [0.25, 0.3) is 0 Å². The first-order valence-electron chi connectivity index (χ1n) is 5.12. The molecular weight excluding hydrogens is 196 g/mol. The minimum absolute atomic E-state index is 0.0205. The summed E-state index contributed by atoms with van der Waals surface area (Å²) in [6.45, 7) is 3.18. The molecule has 0 amide bonds. The molecule has 1 aromatic heterocycles. The molecule has 0 radical (unpaired) electrons. The van der Waals surface area contributed by atoms with Gasteiger partial charge in [0.15, 0.2) is 0 Å². The van der Waals surface area contributed by atoms with Crippen molar-refractivity contribution in [2.24, 2.45) is 0 Å². The van der Waals surface area contributed by atoms with Gasteiger partial charge in [-0.2, -0.15) is 0 Å². The minimum atomic E-state index is -0.784. The number of nitrogens with zero attached hydrogens (tertiary/aromatic N) is 2. The van der Waals surface area contributed by atoms with Crippen molar-refractivity contribution in [2.75, 3.05) is 0 Å². The largest absolute Gasteiger partial charge is 0.481 e. The Kier molecular flexibility index (Phi) is 4.15. The van der Waals surface area contributed by atoms with Crippen LogP contribution in [0.1, 0.15) is 26.2 Å². The highest BCUT2D eigenvalue weighted by Gasteiger charge is 2.01. The molecule has 1 aromatic rings. The Morgan fingerprint density at radius 2 is 2.00 bits per heavy atom. The molecular formula is C10H16N2O3. The summed E-state index contributed by atoms with van der Waals surface area (Å²) in [4.78, 5) is 21.8. The molecule has 5 nitrogen and oxygen atoms in total. The van der Waals surface area contributed by atoms with Crippen LogP contribution in [0.25, 0.3) is 0 Å². The standard InChI is InChI=1S/C10H16N2O3/c1-2-11-7-8-12(10(11)15)6-4-3-5-9(13)14/h7-8H,2-6H2,1H3,(H,13,14). The molecule has 0 aliphatic carbocycles. The lowest BCUT2D eigenvalue weighted by molar-refractivity contribution is -0.137. The maximum Gasteiger partial charge on any atom is 0.328 e. The van der Waals surface area contributed by atoms with Crippen LogP contribution in [0.5, 0.6) is 0 Å². The summed E-state index contributed by atoms with van der Waals surface area (Å²) in [6, 6.07) is 0. The fourth-order valence-corrected chi connectivity index (χ4v) is 1.42. The van der Waals surface area contributed by atoms with E-state index >= 15 is 0 Å². The summed E-state index contributed by atoms with van der Waals surface area (Å²) < 4.78 is 3.24. The molecule has 0 unspecified atom stereocenters. The number of rotatable bonds is 6. The molecule has 0 fully saturated rings. The summed E-state index contributed by atoms with van der Waals surface area (Å²) in [7, 11) is 0. The molecule has 1 N–H and O–H groups in total. The molecule has 0 aliphatic heterocycles. The molecule has 1 rings (SSSR count). The molecule has 84 valence electrons. The van der Waals surface area contributed by atoms with Crippen LogP contribution in [-0.4, -0.2) is 20.2 Å². The van der Waals surface area contributed by atoms with Crippen LogP contribution in [0.4, 0.5) is 0 Å². The topological polar surface area (TPSA) is 64.2 Å². The fourth-order valence-electron chi connectivity index (χ4n) is 1.42. The number of hydrogen-bond donors (Lipinski definition) is 1. The molecule has 0 saturated carbocycles. The predicted octanol–water partition coefficient (Wildman–Crippen LogP) is 0.925. The SMILES string of the molecule is CCn1ccn(CCCCC(=O)O)c1=O. The van der Waals surface area contributed by atoms with E-state index in [-0.39, 0.29) is 12.1 Å². The number of hydrogen-bond acceptors (Lipinski definition) is 2. The van der Waals surface area contributed by atoms with E-state index in [0.29, 0.717) is 19.5 Å². The van der Waals surface area contributed by atoms with E-state index in [2.05, 4.69) is 0 Å². The zero-order chi connectivity index (χ0) is 11.3. The highest BCUT2D eigenvalue weighted by molar-refractivity contribution is 5.66. The Morgan fingerprint density at radius 3 is 2.53 bits per heavy atom. The smallest absolute Gasteiger partial charge is 0.328 e. The van der Waals surface area contributed by atoms with Gasteiger partial charge in [-0.15, -0.1) is 0 Å². The van der Waals surface area contributed by atoms with Crippen LogP contribution < -0.4 is 5.69 Å². The molecule has 15 heavy (non-hydrogen) atoms. The van der Waals surface area contributed by atoms with Gasteiger partial charge in [-0.3, -0.25) is 13.9 Å². The highest BCUT2D eigenvalue weighted by atomic mass is 16.4. The lowest BCUT2D eigenvalue weighted by Gasteiger charge is -2.00. The van der Waals surface area contributed by atoms with Gasteiger partial charge in [0, 0.05) is 31.9 Å². The molecule has 0 aromatic carbocycles. The molecule has 5 heteroatoms. The summed E-state index contributed by atoms with van der Waals surface area (Å²) in [5, 5.41) is 8.43. The second-order valence-electron chi connectivity index (χ2n) is 3.41. The van der Waals surface area contributed by atoms with Crippen molar-refractivity contribution in [3.05, 3.63) is 22.9 Å². The van der Waals surface area contributed by atoms with Crippen molar-refractivity contribution in [1.82, 2.24) is 9.13 Å². The maximum absolute atomic E-state index is 11.5. The first-order valence-corrected chi connectivity index (χ1v) is 5.12. The van der Waals surface area contributed by atoms with Crippen LogP contribution in [0, 0.1) is 0 Å². The number of aliphatic carboxylic acids is 1. The van der Waals surface area contributed by atoms with Crippen molar-refractivity contribution in [3.63, 3.8) is 0 Å². The third kappa shape index (κ3) is 3.27. The molecule has 0 aliphatic rings. The second kappa shape index (κ2) is 5.38. The third-order valence-corrected chi connectivity index (χ3v) is 2.30. The maximum atomic E-state index is 11.5. The van der Waals surface area contributed by atoms with Gasteiger partial charge in [0.2, 0.25) is 0 Å². The first kappa shape index (κ1) is 11.6. The van der Waals surface area contributed by atoms with Gasteiger partial charge in [-0.1, -0.05) is 0 Å². The summed E-state index contributed by atoms with van der Waals surface area (Å²) in [5.74, 6) is -0.784. The normalized spacial score (nSPS) is 10.5. The molecule has 0 bridgehead atoms. The number of carbonyl (C=O) groups is 1. The van der Waals surface area contributed by atoms with Crippen molar-refractivity contribution in [2.45, 2.75) is 39.3 Å². The van der Waals surface area contributed by atoms with Gasteiger partial charge in [0.1, 0.15) is 0 Å². The van der Waals surface area contributed by atoms with Crippen LogP contribution in [0.15, 0.2) is 17.2 Å². The summed E-state index contributed by atoms with van der Waals surface area (Å²) in [5.41, 5.74) is -0.0205. The number of carboxylic acids is 1. The average Bonchev–Trinajstić information content (AvgIpc) is 2.54. The molecule has 1 heterocycles. The highest BCUT2D eigenvalue weighted by Crippen LogP contribution is 1.97. The Balaban J connectivity index is 2.41. The quantitative estimate of drug-likeness (QED) is 0.713. The van der Waals surface area contributed by atoms with Crippen LogP contribution in [0.2, 0.25) is 0 Å². The van der Waals surface area contributed by atoms with E-state index in [4.69, 9.17) is 5.11 Å². The zero-order valence-electron chi connectivity index (χ0n) is 8.85. The van der Waals surface area contributed by atoms with Gasteiger partial charge >= 0.3 is 11.7 Å². The minimum Gasteiger partial charge on any atom is -0.481 e. The molecule has 0 saturated heterocycles. The van der Waals surface area contributed by atoms with Crippen molar-refractivity contribution < 1.29 is 9.90 Å². The Morgan fingerprint density at radius 1 is 1.33 bits per heavy atom. The van der Waals surface area contributed by atoms with Crippen molar-refractivity contribution in [1.29, 1.82) is 0 Å². The van der Waals surface area contributed by atoms with E-state index < -0.39 is 5.97 Å². The predicted molar refractivity (Wildman–Crippen MR) is 55.9 cm³/mol. The Bertz CT molecular complexity index is 378. The molecule has 0 atom stereocenters. The van der Waals surface area contributed by atoms with Crippen LogP contribution in [0.3, 0.4) is 0 Å². The summed E-state index contributed by atoms with van der Waals surface area (Å²) in [6.07, 6.45) is 4.99. The molecule has 0 spiro atoms. The van der Waals surface area contributed by atoms with E-state index in [1.807, 2.05) is 6.92 Å². The summed E-state index contributed by atoms with van der Waals surface area (Å²) >= 11 is 0. The number of aryl methyl sites for hydroxylation is 2. The van der Waals surface area contributed by atoms with E-state index in [1.54, 1.807) is 21.5 Å². The fraction of sp³-hybridized carbons (Fsp3) is 0.600. The average molecular weight is 212 g/mol. The number of aromatic nitrogens is 2. The first-order chi connectivity index (χ1) is 7.15. The van der Waals surface area contributed by atoms with Crippen molar-refractivity contribution >= 4 is 5.97 Å². The van der Waals surface area contributed by atoms with Gasteiger partial charge in [-0.05, 0) is 19.8 Å². The van der Waals surface area contributed by atoms with Gasteiger partial charge < -0.3 is 5.11 Å². The van der Waals surface area contributed by atoms with Crippen LogP contribution >= 0.6 is 0 Å². The van der Waals surface area contributed by atoms with Gasteiger partial charge in [0.05, 0.1) is 0 Å². The van der Waals surface area contributed by atoms with E-state index in [9.17, 15) is 9.59 Å². The van der Waals surface area contributed by atoms with Crippen molar-refractivity contribution in [3.8, 4) is 0 Å². The Hall–Kier alpha value is -1.52.